The summed E-state index contributed by atoms with van der Waals surface area (Å²) >= 11 is 0. The van der Waals surface area contributed by atoms with Crippen LogP contribution in [0.4, 0.5) is 11.9 Å². The van der Waals surface area contributed by atoms with Crippen molar-refractivity contribution in [1.82, 2.24) is 19.9 Å². The molecule has 2 aromatic heterocycles. The Bertz CT molecular complexity index is 531. The summed E-state index contributed by atoms with van der Waals surface area (Å²) in [5.74, 6) is -0.123. The van der Waals surface area contributed by atoms with Gasteiger partial charge in [-0.05, 0) is 6.07 Å². The van der Waals surface area contributed by atoms with Crippen LogP contribution < -0.4 is 10.6 Å². The van der Waals surface area contributed by atoms with Gasteiger partial charge in [0.05, 0.1) is 5.56 Å². The molecule has 0 fully saturated rings. The van der Waals surface area contributed by atoms with Crippen LogP contribution >= 0.6 is 0 Å². The lowest BCUT2D eigenvalue weighted by atomic mass is 10.3. The van der Waals surface area contributed by atoms with Crippen LogP contribution in [-0.4, -0.2) is 44.1 Å². The molecule has 0 saturated carbocycles. The lowest BCUT2D eigenvalue weighted by Gasteiger charge is -2.06. The summed E-state index contributed by atoms with van der Waals surface area (Å²) in [4.78, 5) is 26.4. The summed E-state index contributed by atoms with van der Waals surface area (Å²) in [5, 5.41) is 14.6. The Kier molecular flexibility index (Phi) is 4.17. The number of nitrogens with zero attached hydrogens (tertiary/aromatic N) is 4. The van der Waals surface area contributed by atoms with Gasteiger partial charge in [0.2, 0.25) is 11.9 Å². The van der Waals surface area contributed by atoms with E-state index in [2.05, 4.69) is 30.6 Å². The van der Waals surface area contributed by atoms with Gasteiger partial charge >= 0.3 is 5.97 Å². The van der Waals surface area contributed by atoms with E-state index in [0.717, 1.165) is 0 Å². The monoisotopic (exact) mass is 260 g/mol. The van der Waals surface area contributed by atoms with E-state index in [-0.39, 0.29) is 5.56 Å². The van der Waals surface area contributed by atoms with Crippen molar-refractivity contribution in [3.05, 3.63) is 36.4 Å². The topological polar surface area (TPSA) is 113 Å². The highest BCUT2D eigenvalue weighted by Gasteiger charge is 2.03. The van der Waals surface area contributed by atoms with Gasteiger partial charge in [-0.2, -0.15) is 0 Å². The molecule has 8 nitrogen and oxygen atoms in total. The molecule has 0 aromatic carbocycles. The zero-order valence-electron chi connectivity index (χ0n) is 9.95. The third kappa shape index (κ3) is 3.87. The van der Waals surface area contributed by atoms with E-state index in [4.69, 9.17) is 5.11 Å². The Morgan fingerprint density at radius 2 is 1.53 bits per heavy atom. The summed E-state index contributed by atoms with van der Waals surface area (Å²) < 4.78 is 0. The second-order valence-corrected chi connectivity index (χ2v) is 3.53. The van der Waals surface area contributed by atoms with Crippen molar-refractivity contribution in [1.29, 1.82) is 0 Å². The summed E-state index contributed by atoms with van der Waals surface area (Å²) in [6.45, 7) is 1.15. The highest BCUT2D eigenvalue weighted by molar-refractivity contribution is 5.86. The number of rotatable bonds is 6. The smallest absolute Gasteiger partial charge is 0.338 e. The third-order valence-corrected chi connectivity index (χ3v) is 2.16. The fourth-order valence-electron chi connectivity index (χ4n) is 1.27. The zero-order valence-corrected chi connectivity index (χ0v) is 9.95. The average molecular weight is 260 g/mol. The van der Waals surface area contributed by atoms with E-state index in [1.165, 1.54) is 12.4 Å². The summed E-state index contributed by atoms with van der Waals surface area (Å²) in [5.41, 5.74) is 0.0568. The van der Waals surface area contributed by atoms with Crippen molar-refractivity contribution in [3.8, 4) is 0 Å². The molecule has 0 spiro atoms. The van der Waals surface area contributed by atoms with Gasteiger partial charge in [-0.3, -0.25) is 0 Å². The van der Waals surface area contributed by atoms with Crippen molar-refractivity contribution in [3.63, 3.8) is 0 Å². The molecule has 0 aliphatic carbocycles. The van der Waals surface area contributed by atoms with E-state index >= 15 is 0 Å². The second-order valence-electron chi connectivity index (χ2n) is 3.53. The normalized spacial score (nSPS) is 9.89. The standard InChI is InChI=1S/C11H12N6O2/c18-9(19)8-6-16-11(17-7-8)15-5-4-14-10-12-2-1-3-13-10/h1-3,6-7H,4-5H2,(H,18,19)(H,12,13,14)(H,15,16,17). The van der Waals surface area contributed by atoms with Crippen LogP contribution in [0.5, 0.6) is 0 Å². The van der Waals surface area contributed by atoms with Crippen molar-refractivity contribution in [2.24, 2.45) is 0 Å². The van der Waals surface area contributed by atoms with Gasteiger partial charge in [0.25, 0.3) is 0 Å². The molecule has 0 unspecified atom stereocenters. The molecule has 0 aliphatic rings. The summed E-state index contributed by atoms with van der Waals surface area (Å²) in [6.07, 6.45) is 5.81. The number of hydrogen-bond donors (Lipinski definition) is 3. The SMILES string of the molecule is O=C(O)c1cnc(NCCNc2ncccn2)nc1. The van der Waals surface area contributed by atoms with Crippen molar-refractivity contribution in [2.45, 2.75) is 0 Å². The fourth-order valence-corrected chi connectivity index (χ4v) is 1.27. The van der Waals surface area contributed by atoms with Crippen LogP contribution in [0.3, 0.4) is 0 Å². The molecule has 0 amide bonds. The Labute approximate surface area is 109 Å². The predicted molar refractivity (Wildman–Crippen MR) is 68.0 cm³/mol. The largest absolute Gasteiger partial charge is 0.478 e. The molecule has 0 saturated heterocycles. The molecule has 0 radical (unpaired) electrons. The molecule has 8 heteroatoms. The number of aromatic carboxylic acids is 1. The number of nitrogens with one attached hydrogen (secondary N) is 2. The van der Waals surface area contributed by atoms with Crippen molar-refractivity contribution in [2.75, 3.05) is 23.7 Å². The summed E-state index contributed by atoms with van der Waals surface area (Å²) in [6, 6.07) is 1.74. The van der Waals surface area contributed by atoms with Gasteiger partial charge in [-0.1, -0.05) is 0 Å². The number of anilines is 2. The van der Waals surface area contributed by atoms with Gasteiger partial charge in [-0.15, -0.1) is 0 Å². The van der Waals surface area contributed by atoms with Gasteiger partial charge in [-0.25, -0.2) is 24.7 Å². The second kappa shape index (κ2) is 6.24. The minimum atomic E-state index is -1.05. The highest BCUT2D eigenvalue weighted by atomic mass is 16.4. The van der Waals surface area contributed by atoms with E-state index in [9.17, 15) is 4.79 Å². The first-order valence-corrected chi connectivity index (χ1v) is 5.56. The fraction of sp³-hybridized carbons (Fsp3) is 0.182. The third-order valence-electron chi connectivity index (χ3n) is 2.16. The number of carboxylic acid groups (broad SMARTS) is 1. The lowest BCUT2D eigenvalue weighted by molar-refractivity contribution is 0.0696. The molecule has 0 aliphatic heterocycles. The number of hydrogen-bond acceptors (Lipinski definition) is 7. The highest BCUT2D eigenvalue weighted by Crippen LogP contribution is 1.99. The minimum Gasteiger partial charge on any atom is -0.478 e. The van der Waals surface area contributed by atoms with Gasteiger partial charge in [0.1, 0.15) is 0 Å². The Hall–Kier alpha value is -2.77. The zero-order chi connectivity index (χ0) is 13.5. The Morgan fingerprint density at radius 1 is 1.00 bits per heavy atom. The van der Waals surface area contributed by atoms with Crippen LogP contribution in [0.1, 0.15) is 10.4 Å². The molecule has 2 rings (SSSR count). The van der Waals surface area contributed by atoms with E-state index in [1.54, 1.807) is 18.5 Å². The maximum Gasteiger partial charge on any atom is 0.338 e. The van der Waals surface area contributed by atoms with E-state index in [1.807, 2.05) is 0 Å². The van der Waals surface area contributed by atoms with Crippen LogP contribution in [0.15, 0.2) is 30.9 Å². The molecule has 2 aromatic rings. The number of aromatic nitrogens is 4. The van der Waals surface area contributed by atoms with Crippen LogP contribution in [0.25, 0.3) is 0 Å². The molecule has 2 heterocycles. The quantitative estimate of drug-likeness (QED) is 0.643. The first kappa shape index (κ1) is 12.7. The maximum atomic E-state index is 10.6. The minimum absolute atomic E-state index is 0.0568. The first-order chi connectivity index (χ1) is 9.25. The van der Waals surface area contributed by atoms with Gasteiger partial charge in [0, 0.05) is 37.9 Å². The van der Waals surface area contributed by atoms with Crippen LogP contribution in [-0.2, 0) is 0 Å². The van der Waals surface area contributed by atoms with Crippen LogP contribution in [0, 0.1) is 0 Å². The molecule has 0 atom stereocenters. The Morgan fingerprint density at radius 3 is 2.05 bits per heavy atom. The van der Waals surface area contributed by atoms with E-state index in [0.29, 0.717) is 25.0 Å². The molecule has 19 heavy (non-hydrogen) atoms. The first-order valence-electron chi connectivity index (χ1n) is 5.56. The molecule has 98 valence electrons. The average Bonchev–Trinajstić information content (AvgIpc) is 2.45. The molecule has 3 N–H and O–H groups in total. The predicted octanol–water partition coefficient (Wildman–Crippen LogP) is 0.489. The number of carboxylic acids is 1. The molecular formula is C11H12N6O2. The van der Waals surface area contributed by atoms with E-state index < -0.39 is 5.97 Å². The molecular weight excluding hydrogens is 248 g/mol. The van der Waals surface area contributed by atoms with Crippen molar-refractivity contribution >= 4 is 17.9 Å². The number of carbonyl (C=O) groups is 1. The van der Waals surface area contributed by atoms with Gasteiger partial charge in [0.15, 0.2) is 0 Å². The summed E-state index contributed by atoms with van der Waals surface area (Å²) in [7, 11) is 0. The maximum absolute atomic E-state index is 10.6. The molecule has 0 bridgehead atoms. The lowest BCUT2D eigenvalue weighted by Crippen LogP contribution is -2.16. The van der Waals surface area contributed by atoms with Crippen molar-refractivity contribution < 1.29 is 9.90 Å². The Balaban J connectivity index is 1.75. The van der Waals surface area contributed by atoms with Crippen LogP contribution in [0.2, 0.25) is 0 Å². The van der Waals surface area contributed by atoms with Gasteiger partial charge < -0.3 is 15.7 Å².